The summed E-state index contributed by atoms with van der Waals surface area (Å²) in [7, 11) is 0. The second-order valence-electron chi connectivity index (χ2n) is 2.96. The van der Waals surface area contributed by atoms with Crippen molar-refractivity contribution in [3.8, 4) is 0 Å². The average molecular weight is 183 g/mol. The molecule has 70 valence electrons. The topological polar surface area (TPSA) is 63.2 Å². The van der Waals surface area contributed by atoms with Gasteiger partial charge in [-0.15, -0.1) is 0 Å². The van der Waals surface area contributed by atoms with Crippen molar-refractivity contribution in [2.24, 2.45) is 5.92 Å². The predicted molar refractivity (Wildman–Crippen MR) is 45.7 cm³/mol. The summed E-state index contributed by atoms with van der Waals surface area (Å²) in [6, 6.07) is 0. The zero-order valence-corrected chi connectivity index (χ0v) is 7.00. The van der Waals surface area contributed by atoms with Crippen LogP contribution in [0.3, 0.4) is 0 Å². The third kappa shape index (κ3) is 2.50. The molecule has 0 aromatic heterocycles. The predicted octanol–water partition coefficient (Wildman–Crippen LogP) is 0.184. The molecule has 1 rings (SSSR count). The maximum atomic E-state index is 11.1. The number of hydrogen-bond acceptors (Lipinski definition) is 3. The SMILES string of the molecule is [2H]C([2H])=CC(=O)CCC1CC(=O)NC1=O. The molecule has 1 heterocycles. The third-order valence-electron chi connectivity index (χ3n) is 1.97. The molecule has 0 aromatic carbocycles. The average Bonchev–Trinajstić information content (AvgIpc) is 2.40. The van der Waals surface area contributed by atoms with E-state index in [-0.39, 0.29) is 30.4 Å². The molecule has 1 aliphatic heterocycles. The maximum absolute atomic E-state index is 11.1. The molecule has 1 aliphatic rings. The van der Waals surface area contributed by atoms with Gasteiger partial charge in [-0.3, -0.25) is 19.7 Å². The minimum absolute atomic E-state index is 0.0899. The van der Waals surface area contributed by atoms with Crippen LogP contribution in [0.15, 0.2) is 12.6 Å². The summed E-state index contributed by atoms with van der Waals surface area (Å²) in [5.41, 5.74) is 0. The van der Waals surface area contributed by atoms with Gasteiger partial charge in [0.1, 0.15) is 0 Å². The number of amides is 2. The molecule has 4 heteroatoms. The van der Waals surface area contributed by atoms with Gasteiger partial charge in [0.15, 0.2) is 5.78 Å². The first-order chi connectivity index (χ1) is 6.99. The molecule has 0 aliphatic carbocycles. The number of nitrogens with one attached hydrogen (secondary N) is 1. The highest BCUT2D eigenvalue weighted by atomic mass is 16.2. The second-order valence-corrected chi connectivity index (χ2v) is 2.96. The Labute approximate surface area is 78.8 Å². The Balaban J connectivity index is 2.38. The molecule has 2 amide bonds. The van der Waals surface area contributed by atoms with Gasteiger partial charge in [0.25, 0.3) is 0 Å². The van der Waals surface area contributed by atoms with E-state index in [4.69, 9.17) is 2.74 Å². The Bertz CT molecular complexity index is 334. The van der Waals surface area contributed by atoms with E-state index in [0.29, 0.717) is 6.42 Å². The number of ketones is 1. The lowest BCUT2D eigenvalue weighted by Gasteiger charge is -2.01. The Morgan fingerprint density at radius 3 is 3.08 bits per heavy atom. The smallest absolute Gasteiger partial charge is 0.230 e. The molecule has 4 nitrogen and oxygen atoms in total. The molecule has 0 aromatic rings. The summed E-state index contributed by atoms with van der Waals surface area (Å²) in [5.74, 6) is -1.44. The lowest BCUT2D eigenvalue weighted by molar-refractivity contribution is -0.125. The summed E-state index contributed by atoms with van der Waals surface area (Å²) >= 11 is 0. The van der Waals surface area contributed by atoms with E-state index in [2.05, 4.69) is 5.32 Å². The van der Waals surface area contributed by atoms with Crippen LogP contribution in [0.4, 0.5) is 0 Å². The minimum Gasteiger partial charge on any atom is -0.296 e. The van der Waals surface area contributed by atoms with Crippen LogP contribution in [0.25, 0.3) is 0 Å². The molecule has 13 heavy (non-hydrogen) atoms. The van der Waals surface area contributed by atoms with E-state index in [0.717, 1.165) is 6.08 Å². The fourth-order valence-corrected chi connectivity index (χ4v) is 1.23. The van der Waals surface area contributed by atoms with Gasteiger partial charge >= 0.3 is 0 Å². The fraction of sp³-hybridized carbons (Fsp3) is 0.444. The van der Waals surface area contributed by atoms with Crippen molar-refractivity contribution in [3.63, 3.8) is 0 Å². The third-order valence-corrected chi connectivity index (χ3v) is 1.97. The number of carbonyl (C=O) groups excluding carboxylic acids is 3. The van der Waals surface area contributed by atoms with Gasteiger partial charge in [0.2, 0.25) is 11.8 Å². The Morgan fingerprint density at radius 2 is 2.54 bits per heavy atom. The zero-order valence-electron chi connectivity index (χ0n) is 9.00. The molecule has 0 saturated carbocycles. The van der Waals surface area contributed by atoms with E-state index in [1.54, 1.807) is 0 Å². The molecule has 0 spiro atoms. The van der Waals surface area contributed by atoms with Crippen molar-refractivity contribution in [2.45, 2.75) is 19.3 Å². The highest BCUT2D eigenvalue weighted by Crippen LogP contribution is 2.16. The lowest BCUT2D eigenvalue weighted by Crippen LogP contribution is -2.22. The van der Waals surface area contributed by atoms with E-state index >= 15 is 0 Å². The highest BCUT2D eigenvalue weighted by Gasteiger charge is 2.30. The Morgan fingerprint density at radius 1 is 1.77 bits per heavy atom. The second kappa shape index (κ2) is 3.98. The van der Waals surface area contributed by atoms with Gasteiger partial charge in [-0.1, -0.05) is 6.53 Å². The van der Waals surface area contributed by atoms with Crippen molar-refractivity contribution in [1.82, 2.24) is 5.32 Å². The summed E-state index contributed by atoms with van der Waals surface area (Å²) in [6.45, 7) is -0.549. The molecular weight excluding hydrogens is 170 g/mol. The lowest BCUT2D eigenvalue weighted by atomic mass is 10.0. The number of carbonyl (C=O) groups is 3. The standard InChI is InChI=1S/C9H11NO3/c1-2-7(11)4-3-6-5-8(12)10-9(6)13/h2,6H,1,3-5H2,(H,10,12,13)/i1D2. The molecule has 1 N–H and O–H groups in total. The maximum Gasteiger partial charge on any atom is 0.230 e. The van der Waals surface area contributed by atoms with Gasteiger partial charge in [-0.2, -0.15) is 0 Å². The summed E-state index contributed by atoms with van der Waals surface area (Å²) in [4.78, 5) is 32.9. The van der Waals surface area contributed by atoms with Crippen LogP contribution in [0.1, 0.15) is 22.0 Å². The molecule has 0 bridgehead atoms. The van der Waals surface area contributed by atoms with E-state index < -0.39 is 12.4 Å². The molecule has 0 radical (unpaired) electrons. The molecule has 1 atom stereocenters. The largest absolute Gasteiger partial charge is 0.296 e. The Kier molecular flexibility index (Phi) is 2.14. The van der Waals surface area contributed by atoms with Crippen molar-refractivity contribution in [1.29, 1.82) is 0 Å². The van der Waals surface area contributed by atoms with Gasteiger partial charge in [-0.25, -0.2) is 0 Å². The van der Waals surface area contributed by atoms with E-state index in [1.807, 2.05) is 0 Å². The van der Waals surface area contributed by atoms with Crippen LogP contribution in [0.5, 0.6) is 0 Å². The van der Waals surface area contributed by atoms with Crippen molar-refractivity contribution >= 4 is 17.6 Å². The van der Waals surface area contributed by atoms with Crippen LogP contribution in [-0.2, 0) is 14.4 Å². The fourth-order valence-electron chi connectivity index (χ4n) is 1.23. The molecule has 1 fully saturated rings. The first-order valence-electron chi connectivity index (χ1n) is 5.00. The van der Waals surface area contributed by atoms with Gasteiger partial charge < -0.3 is 0 Å². The summed E-state index contributed by atoms with van der Waals surface area (Å²) in [5, 5.41) is 2.15. The van der Waals surface area contributed by atoms with Crippen LogP contribution in [-0.4, -0.2) is 17.6 Å². The van der Waals surface area contributed by atoms with Crippen LogP contribution < -0.4 is 5.32 Å². The number of allylic oxidation sites excluding steroid dienone is 1. The first kappa shape index (κ1) is 7.00. The van der Waals surface area contributed by atoms with Gasteiger partial charge in [-0.05, 0) is 12.5 Å². The van der Waals surface area contributed by atoms with Crippen LogP contribution >= 0.6 is 0 Å². The van der Waals surface area contributed by atoms with Crippen LogP contribution in [0.2, 0.25) is 0 Å². The zero-order chi connectivity index (χ0) is 11.4. The van der Waals surface area contributed by atoms with Crippen molar-refractivity contribution in [2.75, 3.05) is 0 Å². The first-order valence-corrected chi connectivity index (χ1v) is 4.00. The number of imide groups is 1. The minimum atomic E-state index is -0.549. The normalized spacial score (nSPS) is 23.2. The number of rotatable bonds is 4. The van der Waals surface area contributed by atoms with E-state index in [1.165, 1.54) is 0 Å². The van der Waals surface area contributed by atoms with Crippen molar-refractivity contribution in [3.05, 3.63) is 12.6 Å². The highest BCUT2D eigenvalue weighted by molar-refractivity contribution is 6.03. The molecule has 1 saturated heterocycles. The summed E-state index contributed by atoms with van der Waals surface area (Å²) < 4.78 is 13.5. The molecular formula is C9H11NO3. The van der Waals surface area contributed by atoms with Crippen molar-refractivity contribution < 1.29 is 17.1 Å². The summed E-state index contributed by atoms with van der Waals surface area (Å²) in [6.07, 6.45) is 1.41. The molecule has 1 unspecified atom stereocenters. The Hall–Kier alpha value is -1.45. The van der Waals surface area contributed by atoms with E-state index in [9.17, 15) is 14.4 Å². The van der Waals surface area contributed by atoms with Gasteiger partial charge in [0, 0.05) is 18.8 Å². The number of hydrogen-bond donors (Lipinski definition) is 1. The monoisotopic (exact) mass is 183 g/mol. The quantitative estimate of drug-likeness (QED) is 0.499. The van der Waals surface area contributed by atoms with Gasteiger partial charge in [0.05, 0.1) is 2.74 Å². The van der Waals surface area contributed by atoms with Crippen LogP contribution in [0, 0.1) is 5.92 Å².